The number of nitrogens with zero attached hydrogens (tertiary/aromatic N) is 1. The summed E-state index contributed by atoms with van der Waals surface area (Å²) in [5, 5.41) is 11.8. The van der Waals surface area contributed by atoms with Crippen molar-refractivity contribution in [3.63, 3.8) is 0 Å². The van der Waals surface area contributed by atoms with Crippen LogP contribution < -0.4 is 5.32 Å². The predicted molar refractivity (Wildman–Crippen MR) is 67.0 cm³/mol. The van der Waals surface area contributed by atoms with Crippen LogP contribution in [0.5, 0.6) is 0 Å². The molecule has 5 nitrogen and oxygen atoms in total. The molecule has 1 aromatic carbocycles. The molecule has 0 aliphatic carbocycles. The zero-order chi connectivity index (χ0) is 13.1. The van der Waals surface area contributed by atoms with Gasteiger partial charge in [0.25, 0.3) is 0 Å². The number of anilines is 1. The maximum Gasteiger partial charge on any atom is 0.337 e. The van der Waals surface area contributed by atoms with Gasteiger partial charge in [-0.25, -0.2) is 4.79 Å². The van der Waals surface area contributed by atoms with E-state index >= 15 is 0 Å². The van der Waals surface area contributed by atoms with E-state index in [1.807, 2.05) is 12.1 Å². The average Bonchev–Trinajstić information content (AvgIpc) is 2.81. The van der Waals surface area contributed by atoms with Crippen LogP contribution in [-0.4, -0.2) is 21.6 Å². The van der Waals surface area contributed by atoms with Crippen LogP contribution in [0, 0.1) is 0 Å². The van der Waals surface area contributed by atoms with Gasteiger partial charge in [0.15, 0.2) is 0 Å². The topological polar surface area (TPSA) is 71.3 Å². The monoisotopic (exact) mass is 244 g/mol. The fourth-order valence-electron chi connectivity index (χ4n) is 1.71. The van der Waals surface area contributed by atoms with Crippen molar-refractivity contribution >= 4 is 17.6 Å². The molecule has 0 bridgehead atoms. The minimum absolute atomic E-state index is 0.137. The fourth-order valence-corrected chi connectivity index (χ4v) is 1.71. The molecular formula is C13H12N2O3. The molecule has 0 aliphatic rings. The van der Waals surface area contributed by atoms with E-state index in [1.54, 1.807) is 29.1 Å². The fraction of sp³-hybridized carbons (Fsp3) is 0.0769. The van der Waals surface area contributed by atoms with Crippen LogP contribution in [0.15, 0.2) is 42.7 Å². The van der Waals surface area contributed by atoms with Gasteiger partial charge >= 0.3 is 5.97 Å². The third kappa shape index (κ3) is 2.40. The maximum absolute atomic E-state index is 11.2. The highest BCUT2D eigenvalue weighted by Gasteiger charge is 2.12. The van der Waals surface area contributed by atoms with E-state index in [1.165, 1.54) is 13.0 Å². The summed E-state index contributed by atoms with van der Waals surface area (Å²) >= 11 is 0. The molecule has 1 amide bonds. The standard InChI is InChI=1S/C13H12N2O3/c1-9(16)14-10-4-5-12(11(8-10)13(17)18)15-6-2-3-7-15/h2-8H,1H3,(H,14,16)(H,17,18). The van der Waals surface area contributed by atoms with E-state index in [9.17, 15) is 14.7 Å². The second kappa shape index (κ2) is 4.75. The van der Waals surface area contributed by atoms with Crippen LogP contribution in [0.25, 0.3) is 5.69 Å². The summed E-state index contributed by atoms with van der Waals surface area (Å²) in [6, 6.07) is 8.40. The Morgan fingerprint density at radius 1 is 1.22 bits per heavy atom. The molecule has 0 atom stereocenters. The Bertz CT molecular complexity index is 588. The number of carbonyl (C=O) groups is 2. The molecular weight excluding hydrogens is 232 g/mol. The Labute approximate surface area is 104 Å². The molecule has 5 heteroatoms. The molecule has 1 heterocycles. The quantitative estimate of drug-likeness (QED) is 0.868. The van der Waals surface area contributed by atoms with Gasteiger partial charge in [0, 0.05) is 25.0 Å². The Kier molecular flexibility index (Phi) is 3.14. The van der Waals surface area contributed by atoms with Gasteiger partial charge in [-0.15, -0.1) is 0 Å². The Morgan fingerprint density at radius 2 is 1.89 bits per heavy atom. The first-order valence-corrected chi connectivity index (χ1v) is 5.36. The zero-order valence-electron chi connectivity index (χ0n) is 9.75. The van der Waals surface area contributed by atoms with Crippen molar-refractivity contribution in [1.29, 1.82) is 0 Å². The molecule has 2 rings (SSSR count). The van der Waals surface area contributed by atoms with E-state index in [4.69, 9.17) is 0 Å². The highest BCUT2D eigenvalue weighted by molar-refractivity contribution is 5.95. The predicted octanol–water partition coefficient (Wildman–Crippen LogP) is 2.13. The number of carboxylic acid groups (broad SMARTS) is 1. The van der Waals surface area contributed by atoms with Crippen molar-refractivity contribution in [3.05, 3.63) is 48.3 Å². The highest BCUT2D eigenvalue weighted by Crippen LogP contribution is 2.20. The molecule has 0 saturated carbocycles. The summed E-state index contributed by atoms with van der Waals surface area (Å²) in [6.45, 7) is 1.38. The van der Waals surface area contributed by atoms with Crippen molar-refractivity contribution in [2.24, 2.45) is 0 Å². The first-order valence-electron chi connectivity index (χ1n) is 5.36. The molecule has 0 aliphatic heterocycles. The first-order chi connectivity index (χ1) is 8.58. The molecule has 0 radical (unpaired) electrons. The van der Waals surface area contributed by atoms with Gasteiger partial charge in [0.2, 0.25) is 5.91 Å². The van der Waals surface area contributed by atoms with E-state index in [-0.39, 0.29) is 11.5 Å². The molecule has 0 fully saturated rings. The van der Waals surface area contributed by atoms with E-state index in [0.29, 0.717) is 11.4 Å². The Balaban J connectivity index is 2.48. The molecule has 0 saturated heterocycles. The number of benzene rings is 1. The lowest BCUT2D eigenvalue weighted by atomic mass is 10.1. The van der Waals surface area contributed by atoms with Gasteiger partial charge in [-0.2, -0.15) is 0 Å². The van der Waals surface area contributed by atoms with Crippen LogP contribution in [0.1, 0.15) is 17.3 Å². The Morgan fingerprint density at radius 3 is 2.44 bits per heavy atom. The summed E-state index contributed by atoms with van der Waals surface area (Å²) in [6.07, 6.45) is 3.53. The number of hydrogen-bond donors (Lipinski definition) is 2. The van der Waals surface area contributed by atoms with Crippen LogP contribution >= 0.6 is 0 Å². The molecule has 18 heavy (non-hydrogen) atoms. The van der Waals surface area contributed by atoms with Gasteiger partial charge in [-0.3, -0.25) is 4.79 Å². The number of hydrogen-bond acceptors (Lipinski definition) is 2. The molecule has 0 spiro atoms. The number of carboxylic acids is 1. The van der Waals surface area contributed by atoms with Crippen molar-refractivity contribution in [1.82, 2.24) is 4.57 Å². The molecule has 92 valence electrons. The van der Waals surface area contributed by atoms with Crippen molar-refractivity contribution < 1.29 is 14.7 Å². The summed E-state index contributed by atoms with van der Waals surface area (Å²) in [5.41, 5.74) is 1.16. The van der Waals surface area contributed by atoms with Crippen molar-refractivity contribution in [3.8, 4) is 5.69 Å². The summed E-state index contributed by atoms with van der Waals surface area (Å²) in [7, 11) is 0. The molecule has 2 aromatic rings. The van der Waals surface area contributed by atoms with E-state index < -0.39 is 5.97 Å². The number of nitrogens with one attached hydrogen (secondary N) is 1. The van der Waals surface area contributed by atoms with Crippen LogP contribution in [0.2, 0.25) is 0 Å². The number of aromatic carboxylic acids is 1. The number of aromatic nitrogens is 1. The number of rotatable bonds is 3. The molecule has 0 unspecified atom stereocenters. The van der Waals surface area contributed by atoms with E-state index in [2.05, 4.69) is 5.32 Å². The highest BCUT2D eigenvalue weighted by atomic mass is 16.4. The second-order valence-corrected chi connectivity index (χ2v) is 3.81. The van der Waals surface area contributed by atoms with Crippen LogP contribution in [0.3, 0.4) is 0 Å². The largest absolute Gasteiger partial charge is 0.478 e. The maximum atomic E-state index is 11.2. The summed E-state index contributed by atoms with van der Waals surface area (Å²) in [5.74, 6) is -1.27. The van der Waals surface area contributed by atoms with Gasteiger partial charge in [-0.1, -0.05) is 0 Å². The van der Waals surface area contributed by atoms with Crippen LogP contribution in [0.4, 0.5) is 5.69 Å². The minimum Gasteiger partial charge on any atom is -0.478 e. The SMILES string of the molecule is CC(=O)Nc1ccc(-n2cccc2)c(C(=O)O)c1. The molecule has 2 N–H and O–H groups in total. The smallest absolute Gasteiger partial charge is 0.337 e. The average molecular weight is 244 g/mol. The van der Waals surface area contributed by atoms with E-state index in [0.717, 1.165) is 0 Å². The van der Waals surface area contributed by atoms with Gasteiger partial charge in [-0.05, 0) is 30.3 Å². The third-order valence-electron chi connectivity index (χ3n) is 2.43. The van der Waals surface area contributed by atoms with Gasteiger partial charge in [0.05, 0.1) is 11.3 Å². The third-order valence-corrected chi connectivity index (χ3v) is 2.43. The lowest BCUT2D eigenvalue weighted by Gasteiger charge is -2.10. The van der Waals surface area contributed by atoms with Crippen molar-refractivity contribution in [2.75, 3.05) is 5.32 Å². The van der Waals surface area contributed by atoms with Crippen molar-refractivity contribution in [2.45, 2.75) is 6.92 Å². The number of amides is 1. The van der Waals surface area contributed by atoms with Crippen LogP contribution in [-0.2, 0) is 4.79 Å². The minimum atomic E-state index is -1.04. The van der Waals surface area contributed by atoms with Gasteiger partial charge < -0.3 is 15.0 Å². The first kappa shape index (κ1) is 11.9. The number of carbonyl (C=O) groups excluding carboxylic acids is 1. The summed E-state index contributed by atoms with van der Waals surface area (Å²) in [4.78, 5) is 22.2. The lowest BCUT2D eigenvalue weighted by molar-refractivity contribution is -0.114. The lowest BCUT2D eigenvalue weighted by Crippen LogP contribution is -2.09. The van der Waals surface area contributed by atoms with Gasteiger partial charge in [0.1, 0.15) is 0 Å². The Hall–Kier alpha value is -2.56. The molecule has 1 aromatic heterocycles. The normalized spacial score (nSPS) is 10.1. The zero-order valence-corrected chi connectivity index (χ0v) is 9.75. The second-order valence-electron chi connectivity index (χ2n) is 3.81. The summed E-state index contributed by atoms with van der Waals surface area (Å²) < 4.78 is 1.71.